The average molecular weight is 392 g/mol. The lowest BCUT2D eigenvalue weighted by molar-refractivity contribution is -0.123. The van der Waals surface area contributed by atoms with E-state index in [1.54, 1.807) is 37.3 Å². The molecule has 2 aromatic rings. The van der Waals surface area contributed by atoms with Gasteiger partial charge in [-0.1, -0.05) is 29.8 Å². The second-order valence-electron chi connectivity index (χ2n) is 5.24. The highest BCUT2D eigenvalue weighted by molar-refractivity contribution is 6.32. The zero-order valence-electron chi connectivity index (χ0n) is 14.8. The second kappa shape index (κ2) is 9.59. The van der Waals surface area contributed by atoms with E-state index in [0.717, 1.165) is 0 Å². The Hall–Kier alpha value is -3.06. The van der Waals surface area contributed by atoms with Crippen LogP contribution in [0.1, 0.15) is 27.6 Å². The number of hydrogen-bond acceptors (Lipinski definition) is 6. The lowest BCUT2D eigenvalue weighted by Crippen LogP contribution is -2.34. The normalized spacial score (nSPS) is 10.0. The van der Waals surface area contributed by atoms with Gasteiger partial charge in [0, 0.05) is 5.56 Å². The number of esters is 1. The molecule has 0 unspecified atom stereocenters. The molecule has 0 saturated heterocycles. The van der Waals surface area contributed by atoms with E-state index in [4.69, 9.17) is 25.8 Å². The molecule has 0 saturated carbocycles. The molecule has 0 bridgehead atoms. The van der Waals surface area contributed by atoms with Crippen molar-refractivity contribution < 1.29 is 28.6 Å². The SMILES string of the molecule is CCOc1c(Cl)cc(C(=O)OCC(=O)NC(=O)c2ccccc2)cc1OC. The fourth-order valence-corrected chi connectivity index (χ4v) is 2.43. The maximum absolute atomic E-state index is 12.2. The minimum absolute atomic E-state index is 0.0856. The fourth-order valence-electron chi connectivity index (χ4n) is 2.16. The van der Waals surface area contributed by atoms with E-state index in [2.05, 4.69) is 5.32 Å². The number of halogens is 1. The third-order valence-corrected chi connectivity index (χ3v) is 3.66. The summed E-state index contributed by atoms with van der Waals surface area (Å²) in [7, 11) is 1.41. The van der Waals surface area contributed by atoms with Gasteiger partial charge in [0.1, 0.15) is 0 Å². The maximum atomic E-state index is 12.2. The Kier molecular flexibility index (Phi) is 7.19. The first kappa shape index (κ1) is 20.3. The molecule has 0 aromatic heterocycles. The van der Waals surface area contributed by atoms with Crippen LogP contribution in [-0.4, -0.2) is 38.1 Å². The van der Waals surface area contributed by atoms with Gasteiger partial charge in [0.25, 0.3) is 11.8 Å². The number of rotatable bonds is 7. The van der Waals surface area contributed by atoms with Gasteiger partial charge >= 0.3 is 5.97 Å². The Bertz CT molecular complexity index is 838. The second-order valence-corrected chi connectivity index (χ2v) is 5.65. The van der Waals surface area contributed by atoms with Crippen LogP contribution in [0.15, 0.2) is 42.5 Å². The predicted octanol–water partition coefficient (Wildman–Crippen LogP) is 2.86. The summed E-state index contributed by atoms with van der Waals surface area (Å²) < 4.78 is 15.4. The number of carbonyl (C=O) groups excluding carboxylic acids is 3. The molecule has 2 aromatic carbocycles. The molecule has 0 heterocycles. The molecular weight excluding hydrogens is 374 g/mol. The third-order valence-electron chi connectivity index (χ3n) is 3.38. The predicted molar refractivity (Wildman–Crippen MR) is 98.4 cm³/mol. The summed E-state index contributed by atoms with van der Waals surface area (Å²) in [5.41, 5.74) is 0.405. The van der Waals surface area contributed by atoms with Crippen LogP contribution in [0.25, 0.3) is 0 Å². The first-order valence-corrected chi connectivity index (χ1v) is 8.40. The summed E-state index contributed by atoms with van der Waals surface area (Å²) in [6.45, 7) is 1.54. The molecule has 8 heteroatoms. The lowest BCUT2D eigenvalue weighted by Gasteiger charge is -2.13. The summed E-state index contributed by atoms with van der Waals surface area (Å²) >= 11 is 6.10. The van der Waals surface area contributed by atoms with Crippen molar-refractivity contribution in [3.05, 3.63) is 58.6 Å². The summed E-state index contributed by atoms with van der Waals surface area (Å²) in [4.78, 5) is 35.8. The van der Waals surface area contributed by atoms with Crippen LogP contribution in [0.2, 0.25) is 5.02 Å². The molecule has 0 aliphatic carbocycles. The van der Waals surface area contributed by atoms with Crippen molar-refractivity contribution in [3.8, 4) is 11.5 Å². The van der Waals surface area contributed by atoms with E-state index in [9.17, 15) is 14.4 Å². The summed E-state index contributed by atoms with van der Waals surface area (Å²) in [6.07, 6.45) is 0. The molecule has 1 N–H and O–H groups in total. The first-order valence-electron chi connectivity index (χ1n) is 8.03. The van der Waals surface area contributed by atoms with Crippen molar-refractivity contribution >= 4 is 29.4 Å². The van der Waals surface area contributed by atoms with Gasteiger partial charge in [0.15, 0.2) is 18.1 Å². The van der Waals surface area contributed by atoms with Crippen molar-refractivity contribution in [2.45, 2.75) is 6.92 Å². The van der Waals surface area contributed by atoms with Crippen molar-refractivity contribution in [1.82, 2.24) is 5.32 Å². The lowest BCUT2D eigenvalue weighted by atomic mass is 10.2. The molecule has 2 rings (SSSR count). The highest BCUT2D eigenvalue weighted by atomic mass is 35.5. The van der Waals surface area contributed by atoms with Gasteiger partial charge in [-0.25, -0.2) is 4.79 Å². The maximum Gasteiger partial charge on any atom is 0.338 e. The number of benzene rings is 2. The fraction of sp³-hybridized carbons (Fsp3) is 0.211. The summed E-state index contributed by atoms with van der Waals surface area (Å²) in [5.74, 6) is -1.55. The Morgan fingerprint density at radius 3 is 2.41 bits per heavy atom. The van der Waals surface area contributed by atoms with E-state index in [1.165, 1.54) is 19.2 Å². The van der Waals surface area contributed by atoms with Gasteiger partial charge in [0.05, 0.1) is 24.3 Å². The highest BCUT2D eigenvalue weighted by Gasteiger charge is 2.18. The Balaban J connectivity index is 1.98. The first-order chi connectivity index (χ1) is 13.0. The molecule has 142 valence electrons. The monoisotopic (exact) mass is 391 g/mol. The number of amides is 2. The number of hydrogen-bond donors (Lipinski definition) is 1. The average Bonchev–Trinajstić information content (AvgIpc) is 2.68. The number of nitrogens with one attached hydrogen (secondary N) is 1. The van der Waals surface area contributed by atoms with Crippen LogP contribution < -0.4 is 14.8 Å². The van der Waals surface area contributed by atoms with Gasteiger partial charge < -0.3 is 14.2 Å². The third kappa shape index (κ3) is 5.46. The number of imide groups is 1. The van der Waals surface area contributed by atoms with Gasteiger partial charge in [-0.05, 0) is 31.2 Å². The molecule has 0 spiro atoms. The van der Waals surface area contributed by atoms with E-state index >= 15 is 0 Å². The van der Waals surface area contributed by atoms with Gasteiger partial charge in [-0.3, -0.25) is 14.9 Å². The van der Waals surface area contributed by atoms with Crippen LogP contribution >= 0.6 is 11.6 Å². The molecule has 0 aliphatic rings. The largest absolute Gasteiger partial charge is 0.493 e. The Morgan fingerprint density at radius 1 is 1.07 bits per heavy atom. The van der Waals surface area contributed by atoms with Gasteiger partial charge in [-0.2, -0.15) is 0 Å². The van der Waals surface area contributed by atoms with E-state index < -0.39 is 24.4 Å². The zero-order chi connectivity index (χ0) is 19.8. The Labute approximate surface area is 161 Å². The quantitative estimate of drug-likeness (QED) is 0.730. The molecular formula is C19H18ClNO6. The molecule has 7 nitrogen and oxygen atoms in total. The standard InChI is InChI=1S/C19H18ClNO6/c1-3-26-17-14(20)9-13(10-15(17)25-2)19(24)27-11-16(22)21-18(23)12-7-5-4-6-8-12/h4-10H,3,11H2,1-2H3,(H,21,22,23). The smallest absolute Gasteiger partial charge is 0.338 e. The zero-order valence-corrected chi connectivity index (χ0v) is 15.5. The Morgan fingerprint density at radius 2 is 1.78 bits per heavy atom. The van der Waals surface area contributed by atoms with Crippen LogP contribution in [0.4, 0.5) is 0 Å². The molecule has 0 atom stereocenters. The van der Waals surface area contributed by atoms with Crippen LogP contribution in [0.3, 0.4) is 0 Å². The van der Waals surface area contributed by atoms with Crippen molar-refractivity contribution in [2.24, 2.45) is 0 Å². The van der Waals surface area contributed by atoms with Crippen molar-refractivity contribution in [2.75, 3.05) is 20.3 Å². The minimum atomic E-state index is -0.791. The number of carbonyl (C=O) groups is 3. The number of ether oxygens (including phenoxy) is 3. The van der Waals surface area contributed by atoms with E-state index in [-0.39, 0.29) is 16.3 Å². The molecule has 2 amide bonds. The van der Waals surface area contributed by atoms with Crippen molar-refractivity contribution in [1.29, 1.82) is 0 Å². The molecule has 0 radical (unpaired) electrons. The van der Waals surface area contributed by atoms with E-state index in [0.29, 0.717) is 17.9 Å². The van der Waals surface area contributed by atoms with Crippen LogP contribution in [0, 0.1) is 0 Å². The molecule has 0 fully saturated rings. The summed E-state index contributed by atoms with van der Waals surface area (Å²) in [6, 6.07) is 10.9. The number of methoxy groups -OCH3 is 1. The molecule has 27 heavy (non-hydrogen) atoms. The van der Waals surface area contributed by atoms with Gasteiger partial charge in [-0.15, -0.1) is 0 Å². The van der Waals surface area contributed by atoms with Crippen molar-refractivity contribution in [3.63, 3.8) is 0 Å². The van der Waals surface area contributed by atoms with Crippen LogP contribution in [-0.2, 0) is 9.53 Å². The summed E-state index contributed by atoms with van der Waals surface area (Å²) in [5, 5.41) is 2.31. The van der Waals surface area contributed by atoms with Gasteiger partial charge in [0.2, 0.25) is 0 Å². The highest BCUT2D eigenvalue weighted by Crippen LogP contribution is 2.36. The minimum Gasteiger partial charge on any atom is -0.493 e. The van der Waals surface area contributed by atoms with E-state index in [1.807, 2.05) is 0 Å². The van der Waals surface area contributed by atoms with Crippen LogP contribution in [0.5, 0.6) is 11.5 Å². The molecule has 0 aliphatic heterocycles. The topological polar surface area (TPSA) is 90.9 Å².